The van der Waals surface area contributed by atoms with Crippen LogP contribution in [0.25, 0.3) is 0 Å². The Morgan fingerprint density at radius 3 is 2.56 bits per heavy atom. The van der Waals surface area contributed by atoms with Gasteiger partial charge in [-0.1, -0.05) is 0 Å². The van der Waals surface area contributed by atoms with Gasteiger partial charge in [-0.2, -0.15) is 0 Å². The van der Waals surface area contributed by atoms with Crippen molar-refractivity contribution in [2.45, 2.75) is 6.92 Å². The maximum absolute atomic E-state index is 12.7. The highest BCUT2D eigenvalue weighted by atomic mass is 19.1. The second kappa shape index (κ2) is 4.83. The number of nitrogen functional groups attached to an aromatic ring is 1. The lowest BCUT2D eigenvalue weighted by Gasteiger charge is -2.09. The van der Waals surface area contributed by atoms with Gasteiger partial charge in [0.2, 0.25) is 0 Å². The summed E-state index contributed by atoms with van der Waals surface area (Å²) >= 11 is 0. The summed E-state index contributed by atoms with van der Waals surface area (Å²) < 4.78 is 12.7. The number of nitrogens with zero attached hydrogens (tertiary/aromatic N) is 1. The number of nitrogens with one attached hydrogen (secondary N) is 1. The maximum Gasteiger partial charge on any atom is 0.259 e. The molecule has 18 heavy (non-hydrogen) atoms. The van der Waals surface area contributed by atoms with Crippen LogP contribution in [-0.2, 0) is 0 Å². The minimum absolute atomic E-state index is 0.176. The standard InChI is InChI=1S/C13H12FN3O/c1-8-6-7-16-12(15)11(8)13(18)17-10-4-2-9(14)3-5-10/h2-7H,1H3,(H2,15,16)(H,17,18). The molecule has 1 aromatic heterocycles. The number of nitrogens with two attached hydrogens (primary N) is 1. The van der Waals surface area contributed by atoms with Crippen LogP contribution in [0, 0.1) is 12.7 Å². The molecule has 2 rings (SSSR count). The highest BCUT2D eigenvalue weighted by Crippen LogP contribution is 2.16. The van der Waals surface area contributed by atoms with Crippen molar-refractivity contribution in [3.8, 4) is 0 Å². The van der Waals surface area contributed by atoms with Gasteiger partial charge in [-0.3, -0.25) is 4.79 Å². The van der Waals surface area contributed by atoms with Crippen molar-refractivity contribution in [3.05, 3.63) is 53.5 Å². The highest BCUT2D eigenvalue weighted by Gasteiger charge is 2.13. The average molecular weight is 245 g/mol. The Bertz CT molecular complexity index is 561. The van der Waals surface area contributed by atoms with Crippen LogP contribution in [0.2, 0.25) is 0 Å². The zero-order valence-electron chi connectivity index (χ0n) is 9.77. The number of benzene rings is 1. The molecule has 1 heterocycles. The summed E-state index contributed by atoms with van der Waals surface area (Å²) in [6, 6.07) is 7.21. The zero-order chi connectivity index (χ0) is 13.1. The Labute approximate surface area is 104 Å². The molecular formula is C13H12FN3O. The van der Waals surface area contributed by atoms with Crippen molar-refractivity contribution in [1.29, 1.82) is 0 Å². The summed E-state index contributed by atoms with van der Waals surface area (Å²) in [4.78, 5) is 15.9. The fraction of sp³-hybridized carbons (Fsp3) is 0.0769. The van der Waals surface area contributed by atoms with E-state index in [4.69, 9.17) is 5.73 Å². The van der Waals surface area contributed by atoms with E-state index in [1.807, 2.05) is 0 Å². The van der Waals surface area contributed by atoms with Gasteiger partial charge in [0.1, 0.15) is 11.6 Å². The third-order valence-corrected chi connectivity index (χ3v) is 2.52. The number of hydrogen-bond acceptors (Lipinski definition) is 3. The minimum atomic E-state index is -0.357. The summed E-state index contributed by atoms with van der Waals surface area (Å²) in [5, 5.41) is 2.64. The van der Waals surface area contributed by atoms with Gasteiger partial charge < -0.3 is 11.1 Å². The van der Waals surface area contributed by atoms with Crippen LogP contribution in [-0.4, -0.2) is 10.9 Å². The summed E-state index contributed by atoms with van der Waals surface area (Å²) in [7, 11) is 0. The number of rotatable bonds is 2. The van der Waals surface area contributed by atoms with Crippen LogP contribution in [0.3, 0.4) is 0 Å². The van der Waals surface area contributed by atoms with E-state index in [2.05, 4.69) is 10.3 Å². The van der Waals surface area contributed by atoms with Gasteiger partial charge in [-0.15, -0.1) is 0 Å². The SMILES string of the molecule is Cc1ccnc(N)c1C(=O)Nc1ccc(F)cc1. The molecule has 0 spiro atoms. The van der Waals surface area contributed by atoms with Crippen molar-refractivity contribution in [2.75, 3.05) is 11.1 Å². The predicted octanol–water partition coefficient (Wildman–Crippen LogP) is 2.36. The monoisotopic (exact) mass is 245 g/mol. The molecule has 1 amide bonds. The van der Waals surface area contributed by atoms with Gasteiger partial charge in [-0.25, -0.2) is 9.37 Å². The Kier molecular flexibility index (Phi) is 3.23. The normalized spacial score (nSPS) is 10.1. The van der Waals surface area contributed by atoms with E-state index >= 15 is 0 Å². The third-order valence-electron chi connectivity index (χ3n) is 2.52. The molecule has 0 aliphatic heterocycles. The lowest BCUT2D eigenvalue weighted by Crippen LogP contribution is -2.16. The molecule has 0 atom stereocenters. The number of halogens is 1. The number of hydrogen-bond donors (Lipinski definition) is 2. The first kappa shape index (κ1) is 12.0. The molecule has 0 radical (unpaired) electrons. The second-order valence-electron chi connectivity index (χ2n) is 3.85. The lowest BCUT2D eigenvalue weighted by atomic mass is 10.1. The smallest absolute Gasteiger partial charge is 0.259 e. The zero-order valence-corrected chi connectivity index (χ0v) is 9.77. The molecule has 0 aliphatic rings. The Morgan fingerprint density at radius 1 is 1.28 bits per heavy atom. The van der Waals surface area contributed by atoms with E-state index in [0.29, 0.717) is 11.3 Å². The Hall–Kier alpha value is -2.43. The van der Waals surface area contributed by atoms with Gasteiger partial charge in [0, 0.05) is 11.9 Å². The van der Waals surface area contributed by atoms with Crippen molar-refractivity contribution in [2.24, 2.45) is 0 Å². The van der Waals surface area contributed by atoms with E-state index < -0.39 is 0 Å². The van der Waals surface area contributed by atoms with Crippen molar-refractivity contribution < 1.29 is 9.18 Å². The number of aromatic nitrogens is 1. The fourth-order valence-corrected chi connectivity index (χ4v) is 1.60. The molecule has 0 saturated carbocycles. The molecule has 0 fully saturated rings. The molecule has 3 N–H and O–H groups in total. The minimum Gasteiger partial charge on any atom is -0.383 e. The number of amides is 1. The Balaban J connectivity index is 2.25. The number of aryl methyl sites for hydroxylation is 1. The van der Waals surface area contributed by atoms with Crippen molar-refractivity contribution in [1.82, 2.24) is 4.98 Å². The quantitative estimate of drug-likeness (QED) is 0.853. The summed E-state index contributed by atoms with van der Waals surface area (Å²) in [6.07, 6.45) is 1.54. The van der Waals surface area contributed by atoms with Gasteiger partial charge in [0.15, 0.2) is 0 Å². The van der Waals surface area contributed by atoms with Crippen LogP contribution in [0.4, 0.5) is 15.9 Å². The van der Waals surface area contributed by atoms with Gasteiger partial charge >= 0.3 is 0 Å². The first-order chi connectivity index (χ1) is 8.58. The maximum atomic E-state index is 12.7. The van der Waals surface area contributed by atoms with Crippen LogP contribution < -0.4 is 11.1 Å². The molecule has 0 saturated heterocycles. The number of carbonyl (C=O) groups excluding carboxylic acids is 1. The van der Waals surface area contributed by atoms with Gasteiger partial charge in [-0.05, 0) is 42.8 Å². The molecular weight excluding hydrogens is 233 g/mol. The molecule has 0 aliphatic carbocycles. The molecule has 5 heteroatoms. The summed E-state index contributed by atoms with van der Waals surface area (Å²) in [5.74, 6) is -0.538. The molecule has 0 bridgehead atoms. The van der Waals surface area contributed by atoms with Gasteiger partial charge in [0.25, 0.3) is 5.91 Å². The predicted molar refractivity (Wildman–Crippen MR) is 67.7 cm³/mol. The van der Waals surface area contributed by atoms with Crippen molar-refractivity contribution >= 4 is 17.4 Å². The molecule has 1 aromatic carbocycles. The summed E-state index contributed by atoms with van der Waals surface area (Å²) in [5.41, 5.74) is 7.24. The van der Waals surface area contributed by atoms with Crippen LogP contribution in [0.5, 0.6) is 0 Å². The van der Waals surface area contributed by atoms with E-state index in [0.717, 1.165) is 5.56 Å². The average Bonchev–Trinajstić information content (AvgIpc) is 2.32. The largest absolute Gasteiger partial charge is 0.383 e. The van der Waals surface area contributed by atoms with E-state index in [-0.39, 0.29) is 17.5 Å². The second-order valence-corrected chi connectivity index (χ2v) is 3.85. The van der Waals surface area contributed by atoms with E-state index in [1.165, 1.54) is 24.3 Å². The van der Waals surface area contributed by atoms with Crippen LogP contribution >= 0.6 is 0 Å². The highest BCUT2D eigenvalue weighted by molar-refractivity contribution is 6.08. The number of anilines is 2. The first-order valence-electron chi connectivity index (χ1n) is 5.36. The Morgan fingerprint density at radius 2 is 1.94 bits per heavy atom. The topological polar surface area (TPSA) is 68.0 Å². The van der Waals surface area contributed by atoms with Crippen molar-refractivity contribution in [3.63, 3.8) is 0 Å². The van der Waals surface area contributed by atoms with Gasteiger partial charge in [0.05, 0.1) is 5.56 Å². The van der Waals surface area contributed by atoms with E-state index in [1.54, 1.807) is 19.2 Å². The fourth-order valence-electron chi connectivity index (χ4n) is 1.60. The molecule has 92 valence electrons. The summed E-state index contributed by atoms with van der Waals surface area (Å²) in [6.45, 7) is 1.78. The first-order valence-corrected chi connectivity index (χ1v) is 5.36. The number of pyridine rings is 1. The van der Waals surface area contributed by atoms with E-state index in [9.17, 15) is 9.18 Å². The van der Waals surface area contributed by atoms with Crippen LogP contribution in [0.15, 0.2) is 36.5 Å². The molecule has 0 unspecified atom stereocenters. The molecule has 4 nitrogen and oxygen atoms in total. The third kappa shape index (κ3) is 2.45. The molecule has 2 aromatic rings. The lowest BCUT2D eigenvalue weighted by molar-refractivity contribution is 0.102. The number of carbonyl (C=O) groups is 1. The van der Waals surface area contributed by atoms with Crippen LogP contribution in [0.1, 0.15) is 15.9 Å².